The Bertz CT molecular complexity index is 129. The van der Waals surface area contributed by atoms with Crippen LogP contribution in [0.15, 0.2) is 0 Å². The van der Waals surface area contributed by atoms with Gasteiger partial charge in [-0.2, -0.15) is 0 Å². The van der Waals surface area contributed by atoms with Crippen molar-refractivity contribution in [3.8, 4) is 0 Å². The van der Waals surface area contributed by atoms with Crippen LogP contribution in [0.2, 0.25) is 0 Å². The standard InChI is InChI=1S/C7H12O2S2/c1-3-6(8)10-5-11-7(9)4-2/h3-5H2,1-2H3. The summed E-state index contributed by atoms with van der Waals surface area (Å²) in [5, 5.41) is 0.877. The van der Waals surface area contributed by atoms with Gasteiger partial charge in [-0.3, -0.25) is 9.59 Å². The van der Waals surface area contributed by atoms with Crippen LogP contribution in [-0.4, -0.2) is 15.3 Å². The average Bonchev–Trinajstić information content (AvgIpc) is 2.04. The lowest BCUT2D eigenvalue weighted by molar-refractivity contribution is -0.111. The summed E-state index contributed by atoms with van der Waals surface area (Å²) in [5.74, 6) is 0. The van der Waals surface area contributed by atoms with Crippen LogP contribution in [0.3, 0.4) is 0 Å². The van der Waals surface area contributed by atoms with Gasteiger partial charge in [-0.1, -0.05) is 37.4 Å². The van der Waals surface area contributed by atoms with Crippen molar-refractivity contribution < 1.29 is 9.59 Å². The van der Waals surface area contributed by atoms with Gasteiger partial charge in [-0.05, 0) is 0 Å². The highest BCUT2D eigenvalue weighted by molar-refractivity contribution is 8.28. The lowest BCUT2D eigenvalue weighted by Gasteiger charge is -1.95. The highest BCUT2D eigenvalue weighted by Gasteiger charge is 2.02. The maximum atomic E-state index is 10.7. The molecule has 0 saturated heterocycles. The van der Waals surface area contributed by atoms with Gasteiger partial charge in [0.1, 0.15) is 0 Å². The smallest absolute Gasteiger partial charge is 0.189 e. The van der Waals surface area contributed by atoms with E-state index in [4.69, 9.17) is 0 Å². The zero-order chi connectivity index (χ0) is 8.69. The van der Waals surface area contributed by atoms with Gasteiger partial charge in [-0.25, -0.2) is 0 Å². The molecule has 0 aliphatic heterocycles. The lowest BCUT2D eigenvalue weighted by Crippen LogP contribution is -1.91. The van der Waals surface area contributed by atoms with Crippen molar-refractivity contribution >= 4 is 33.8 Å². The molecule has 0 radical (unpaired) electrons. The van der Waals surface area contributed by atoms with E-state index < -0.39 is 0 Å². The Morgan fingerprint density at radius 3 is 1.64 bits per heavy atom. The minimum Gasteiger partial charge on any atom is -0.287 e. The second-order valence-corrected chi connectivity index (χ2v) is 4.29. The number of carbonyl (C=O) groups is 2. The highest BCUT2D eigenvalue weighted by Crippen LogP contribution is 2.15. The quantitative estimate of drug-likeness (QED) is 0.640. The molecule has 11 heavy (non-hydrogen) atoms. The summed E-state index contributed by atoms with van der Waals surface area (Å²) in [7, 11) is 0. The Balaban J connectivity index is 3.27. The minimum absolute atomic E-state index is 0.154. The summed E-state index contributed by atoms with van der Waals surface area (Å²) in [5.41, 5.74) is 0. The lowest BCUT2D eigenvalue weighted by atomic mass is 10.6. The Morgan fingerprint density at radius 1 is 1.00 bits per heavy atom. The fourth-order valence-corrected chi connectivity index (χ4v) is 2.06. The van der Waals surface area contributed by atoms with Gasteiger partial charge in [-0.15, -0.1) is 0 Å². The van der Waals surface area contributed by atoms with Crippen LogP contribution in [0.25, 0.3) is 0 Å². The van der Waals surface area contributed by atoms with E-state index in [0.717, 1.165) is 0 Å². The normalized spacial score (nSPS) is 9.64. The van der Waals surface area contributed by atoms with Gasteiger partial charge in [0.25, 0.3) is 0 Å². The molecule has 0 rings (SSSR count). The first-order chi connectivity index (χ1) is 5.20. The molecule has 0 N–H and O–H groups in total. The predicted octanol–water partition coefficient (Wildman–Crippen LogP) is 2.28. The largest absolute Gasteiger partial charge is 0.287 e. The molecule has 0 heterocycles. The Labute approximate surface area is 75.5 Å². The van der Waals surface area contributed by atoms with E-state index in [-0.39, 0.29) is 10.2 Å². The van der Waals surface area contributed by atoms with Crippen LogP contribution in [0.1, 0.15) is 26.7 Å². The van der Waals surface area contributed by atoms with Crippen LogP contribution < -0.4 is 0 Å². The SMILES string of the molecule is CCC(=O)SCSC(=O)CC. The highest BCUT2D eigenvalue weighted by atomic mass is 32.2. The van der Waals surface area contributed by atoms with Gasteiger partial charge in [0.15, 0.2) is 10.2 Å². The van der Waals surface area contributed by atoms with Gasteiger partial charge in [0.05, 0.1) is 5.08 Å². The van der Waals surface area contributed by atoms with Crippen molar-refractivity contribution in [2.45, 2.75) is 26.7 Å². The Hall–Kier alpha value is 0.0400. The molecule has 4 heteroatoms. The van der Waals surface area contributed by atoms with E-state index in [1.165, 1.54) is 23.5 Å². The molecule has 64 valence electrons. The van der Waals surface area contributed by atoms with Crippen LogP contribution in [0, 0.1) is 0 Å². The third-order valence-corrected chi connectivity index (χ3v) is 3.18. The first kappa shape index (κ1) is 11.0. The summed E-state index contributed by atoms with van der Waals surface area (Å²) >= 11 is 2.45. The average molecular weight is 192 g/mol. The molecule has 0 amide bonds. The zero-order valence-corrected chi connectivity index (χ0v) is 8.39. The van der Waals surface area contributed by atoms with Crippen molar-refractivity contribution in [3.63, 3.8) is 0 Å². The van der Waals surface area contributed by atoms with Gasteiger partial charge in [0, 0.05) is 12.8 Å². The molecule has 0 spiro atoms. The van der Waals surface area contributed by atoms with E-state index in [1.807, 2.05) is 13.8 Å². The molecule has 0 aromatic heterocycles. The molecule has 0 unspecified atom stereocenters. The second kappa shape index (κ2) is 6.73. The van der Waals surface area contributed by atoms with E-state index in [9.17, 15) is 9.59 Å². The van der Waals surface area contributed by atoms with E-state index in [2.05, 4.69) is 0 Å². The maximum Gasteiger partial charge on any atom is 0.189 e. The molecule has 0 fully saturated rings. The molecule has 0 aliphatic rings. The molecule has 0 aliphatic carbocycles. The number of rotatable bonds is 4. The van der Waals surface area contributed by atoms with Crippen molar-refractivity contribution in [3.05, 3.63) is 0 Å². The fraction of sp³-hybridized carbons (Fsp3) is 0.714. The molecule has 0 atom stereocenters. The summed E-state index contributed by atoms with van der Waals surface area (Å²) in [6.07, 6.45) is 1.09. The van der Waals surface area contributed by atoms with Crippen LogP contribution in [0.5, 0.6) is 0 Å². The van der Waals surface area contributed by atoms with E-state index >= 15 is 0 Å². The summed E-state index contributed by atoms with van der Waals surface area (Å²) in [4.78, 5) is 21.4. The van der Waals surface area contributed by atoms with Crippen LogP contribution >= 0.6 is 23.5 Å². The second-order valence-electron chi connectivity index (χ2n) is 1.86. The topological polar surface area (TPSA) is 34.1 Å². The predicted molar refractivity (Wildman–Crippen MR) is 50.6 cm³/mol. The molecular weight excluding hydrogens is 180 g/mol. The monoisotopic (exact) mass is 192 g/mol. The van der Waals surface area contributed by atoms with E-state index in [0.29, 0.717) is 17.9 Å². The molecule has 0 aromatic rings. The third kappa shape index (κ3) is 6.44. The zero-order valence-electron chi connectivity index (χ0n) is 6.75. The third-order valence-electron chi connectivity index (χ3n) is 1.02. The minimum atomic E-state index is 0.154. The van der Waals surface area contributed by atoms with Crippen LogP contribution in [0.4, 0.5) is 0 Å². The molecule has 0 saturated carbocycles. The number of hydrogen-bond donors (Lipinski definition) is 0. The van der Waals surface area contributed by atoms with Crippen molar-refractivity contribution in [2.24, 2.45) is 0 Å². The van der Waals surface area contributed by atoms with E-state index in [1.54, 1.807) is 0 Å². The van der Waals surface area contributed by atoms with Gasteiger partial charge < -0.3 is 0 Å². The maximum absolute atomic E-state index is 10.7. The molecule has 0 aromatic carbocycles. The fourth-order valence-electron chi connectivity index (χ4n) is 0.365. The Morgan fingerprint density at radius 2 is 1.36 bits per heavy atom. The number of carbonyl (C=O) groups excluding carboxylic acids is 2. The summed E-state index contributed by atoms with van der Waals surface area (Å²) in [6, 6.07) is 0. The number of thioether (sulfide) groups is 2. The Kier molecular flexibility index (Phi) is 6.76. The van der Waals surface area contributed by atoms with Gasteiger partial charge >= 0.3 is 0 Å². The summed E-state index contributed by atoms with van der Waals surface area (Å²) in [6.45, 7) is 3.64. The number of hydrogen-bond acceptors (Lipinski definition) is 4. The first-order valence-electron chi connectivity index (χ1n) is 3.52. The van der Waals surface area contributed by atoms with Gasteiger partial charge in [0.2, 0.25) is 0 Å². The molecule has 0 bridgehead atoms. The first-order valence-corrected chi connectivity index (χ1v) is 5.49. The van der Waals surface area contributed by atoms with Crippen molar-refractivity contribution in [1.82, 2.24) is 0 Å². The molecule has 2 nitrogen and oxygen atoms in total. The summed E-state index contributed by atoms with van der Waals surface area (Å²) < 4.78 is 0. The van der Waals surface area contributed by atoms with Crippen molar-refractivity contribution in [2.75, 3.05) is 5.08 Å². The molecular formula is C7H12O2S2. The van der Waals surface area contributed by atoms with Crippen molar-refractivity contribution in [1.29, 1.82) is 0 Å². The van der Waals surface area contributed by atoms with Crippen LogP contribution in [-0.2, 0) is 9.59 Å².